The van der Waals surface area contributed by atoms with E-state index in [0.29, 0.717) is 12.0 Å². The normalized spacial score (nSPS) is 24.9. The Bertz CT molecular complexity index is 380. The van der Waals surface area contributed by atoms with Crippen LogP contribution in [0, 0.1) is 11.7 Å². The van der Waals surface area contributed by atoms with E-state index in [9.17, 15) is 4.39 Å². The van der Waals surface area contributed by atoms with E-state index in [1.807, 2.05) is 13.1 Å². The van der Waals surface area contributed by atoms with E-state index >= 15 is 0 Å². The first-order chi connectivity index (χ1) is 8.20. The first kappa shape index (κ1) is 12.8. The predicted octanol–water partition coefficient (Wildman–Crippen LogP) is 3.80. The fourth-order valence-electron chi connectivity index (χ4n) is 2.80. The number of rotatable bonds is 3. The lowest BCUT2D eigenvalue weighted by molar-refractivity contribution is 0.272. The van der Waals surface area contributed by atoms with Gasteiger partial charge in [0.2, 0.25) is 0 Å². The summed E-state index contributed by atoms with van der Waals surface area (Å²) >= 11 is 5.81. The van der Waals surface area contributed by atoms with Gasteiger partial charge in [-0.25, -0.2) is 4.39 Å². The SMILES string of the molecule is CNC1CCCCC1Cc1ccc(F)c(Cl)c1. The van der Waals surface area contributed by atoms with Gasteiger partial charge in [0.15, 0.2) is 0 Å². The van der Waals surface area contributed by atoms with E-state index in [-0.39, 0.29) is 10.8 Å². The molecule has 0 heterocycles. The molecule has 3 heteroatoms. The molecule has 1 aromatic rings. The molecule has 1 aromatic carbocycles. The Morgan fingerprint density at radius 1 is 1.35 bits per heavy atom. The molecule has 0 amide bonds. The summed E-state index contributed by atoms with van der Waals surface area (Å²) in [6.45, 7) is 0. The second kappa shape index (κ2) is 5.83. The molecule has 0 bridgehead atoms. The summed E-state index contributed by atoms with van der Waals surface area (Å²) < 4.78 is 13.1. The second-order valence-corrected chi connectivity index (χ2v) is 5.30. The summed E-state index contributed by atoms with van der Waals surface area (Å²) in [5, 5.41) is 3.63. The molecular weight excluding hydrogens is 237 g/mol. The molecular formula is C14H19ClFN. The number of benzene rings is 1. The highest BCUT2D eigenvalue weighted by molar-refractivity contribution is 6.30. The molecule has 0 aliphatic heterocycles. The Hall–Kier alpha value is -0.600. The van der Waals surface area contributed by atoms with Crippen molar-refractivity contribution in [2.75, 3.05) is 7.05 Å². The highest BCUT2D eigenvalue weighted by atomic mass is 35.5. The monoisotopic (exact) mass is 255 g/mol. The molecule has 0 saturated heterocycles. The predicted molar refractivity (Wildman–Crippen MR) is 69.9 cm³/mol. The lowest BCUT2D eigenvalue weighted by Gasteiger charge is -2.31. The van der Waals surface area contributed by atoms with Gasteiger partial charge in [0.25, 0.3) is 0 Å². The van der Waals surface area contributed by atoms with Crippen LogP contribution in [-0.4, -0.2) is 13.1 Å². The van der Waals surface area contributed by atoms with E-state index in [1.165, 1.54) is 31.7 Å². The fraction of sp³-hybridized carbons (Fsp3) is 0.571. The average Bonchev–Trinajstić information content (AvgIpc) is 2.34. The van der Waals surface area contributed by atoms with Crippen molar-refractivity contribution in [3.63, 3.8) is 0 Å². The van der Waals surface area contributed by atoms with Gasteiger partial charge in [-0.05, 0) is 49.9 Å². The van der Waals surface area contributed by atoms with Crippen LogP contribution in [0.3, 0.4) is 0 Å². The van der Waals surface area contributed by atoms with Crippen molar-refractivity contribution in [2.45, 2.75) is 38.1 Å². The molecule has 17 heavy (non-hydrogen) atoms. The first-order valence-corrected chi connectivity index (χ1v) is 6.69. The zero-order valence-electron chi connectivity index (χ0n) is 10.2. The van der Waals surface area contributed by atoms with Gasteiger partial charge in [0.05, 0.1) is 5.02 Å². The molecule has 1 fully saturated rings. The van der Waals surface area contributed by atoms with Crippen molar-refractivity contribution in [3.05, 3.63) is 34.6 Å². The molecule has 1 nitrogen and oxygen atoms in total. The molecule has 1 aliphatic carbocycles. The minimum absolute atomic E-state index is 0.235. The molecule has 2 rings (SSSR count). The van der Waals surface area contributed by atoms with Crippen LogP contribution in [-0.2, 0) is 6.42 Å². The van der Waals surface area contributed by atoms with Gasteiger partial charge in [0.1, 0.15) is 5.82 Å². The van der Waals surface area contributed by atoms with Gasteiger partial charge in [-0.2, -0.15) is 0 Å². The summed E-state index contributed by atoms with van der Waals surface area (Å²) in [5.74, 6) is 0.319. The third-order valence-electron chi connectivity index (χ3n) is 3.76. The maximum Gasteiger partial charge on any atom is 0.141 e. The molecule has 1 N–H and O–H groups in total. The zero-order valence-corrected chi connectivity index (χ0v) is 10.9. The van der Waals surface area contributed by atoms with Gasteiger partial charge < -0.3 is 5.32 Å². The van der Waals surface area contributed by atoms with Crippen LogP contribution in [0.25, 0.3) is 0 Å². The van der Waals surface area contributed by atoms with Gasteiger partial charge >= 0.3 is 0 Å². The number of hydrogen-bond acceptors (Lipinski definition) is 1. The van der Waals surface area contributed by atoms with Gasteiger partial charge in [0, 0.05) is 6.04 Å². The van der Waals surface area contributed by atoms with Crippen molar-refractivity contribution in [3.8, 4) is 0 Å². The van der Waals surface area contributed by atoms with E-state index in [1.54, 1.807) is 6.07 Å². The van der Waals surface area contributed by atoms with Gasteiger partial charge in [-0.3, -0.25) is 0 Å². The number of nitrogens with one attached hydrogen (secondary N) is 1. The zero-order chi connectivity index (χ0) is 12.3. The number of halogens is 2. The van der Waals surface area contributed by atoms with E-state index < -0.39 is 0 Å². The summed E-state index contributed by atoms with van der Waals surface area (Å²) in [6, 6.07) is 5.67. The van der Waals surface area contributed by atoms with Crippen molar-refractivity contribution >= 4 is 11.6 Å². The molecule has 0 spiro atoms. The lowest BCUT2D eigenvalue weighted by Crippen LogP contribution is -2.37. The second-order valence-electron chi connectivity index (χ2n) is 4.89. The van der Waals surface area contributed by atoms with Crippen molar-refractivity contribution in [2.24, 2.45) is 5.92 Å². The van der Waals surface area contributed by atoms with Gasteiger partial charge in [-0.1, -0.05) is 30.5 Å². The van der Waals surface area contributed by atoms with Crippen LogP contribution in [0.4, 0.5) is 4.39 Å². The lowest BCUT2D eigenvalue weighted by atomic mass is 9.81. The van der Waals surface area contributed by atoms with Crippen LogP contribution < -0.4 is 5.32 Å². The Morgan fingerprint density at radius 3 is 2.82 bits per heavy atom. The first-order valence-electron chi connectivity index (χ1n) is 6.32. The van der Waals surface area contributed by atoms with E-state index in [0.717, 1.165) is 12.0 Å². The summed E-state index contributed by atoms with van der Waals surface area (Å²) in [6.07, 6.45) is 6.10. The van der Waals surface area contributed by atoms with Crippen LogP contribution in [0.1, 0.15) is 31.2 Å². The molecule has 2 unspecified atom stereocenters. The largest absolute Gasteiger partial charge is 0.317 e. The highest BCUT2D eigenvalue weighted by Gasteiger charge is 2.23. The number of hydrogen-bond donors (Lipinski definition) is 1. The average molecular weight is 256 g/mol. The van der Waals surface area contributed by atoms with Crippen molar-refractivity contribution in [1.82, 2.24) is 5.32 Å². The summed E-state index contributed by atoms with van der Waals surface area (Å²) in [7, 11) is 2.03. The molecule has 1 aliphatic rings. The van der Waals surface area contributed by atoms with Crippen LogP contribution >= 0.6 is 11.6 Å². The van der Waals surface area contributed by atoms with Gasteiger partial charge in [-0.15, -0.1) is 0 Å². The Kier molecular flexibility index (Phi) is 4.41. The van der Waals surface area contributed by atoms with Crippen molar-refractivity contribution in [1.29, 1.82) is 0 Å². The quantitative estimate of drug-likeness (QED) is 0.866. The molecule has 0 aromatic heterocycles. The maximum atomic E-state index is 13.1. The summed E-state index contributed by atoms with van der Waals surface area (Å²) in [5.41, 5.74) is 1.14. The minimum atomic E-state index is -0.329. The Morgan fingerprint density at radius 2 is 2.12 bits per heavy atom. The van der Waals surface area contributed by atoms with E-state index in [2.05, 4.69) is 5.32 Å². The van der Waals surface area contributed by atoms with E-state index in [4.69, 9.17) is 11.6 Å². The minimum Gasteiger partial charge on any atom is -0.317 e. The Balaban J connectivity index is 2.05. The third-order valence-corrected chi connectivity index (χ3v) is 4.05. The van der Waals surface area contributed by atoms with Crippen LogP contribution in [0.5, 0.6) is 0 Å². The summed E-state index contributed by atoms with van der Waals surface area (Å²) in [4.78, 5) is 0. The molecule has 1 saturated carbocycles. The fourth-order valence-corrected chi connectivity index (χ4v) is 3.00. The standard InChI is InChI=1S/C14H19ClFN/c1-17-14-5-3-2-4-11(14)8-10-6-7-13(16)12(15)9-10/h6-7,9,11,14,17H,2-5,8H2,1H3. The topological polar surface area (TPSA) is 12.0 Å². The Labute approximate surface area is 107 Å². The molecule has 94 valence electrons. The highest BCUT2D eigenvalue weighted by Crippen LogP contribution is 2.28. The smallest absolute Gasteiger partial charge is 0.141 e. The molecule has 0 radical (unpaired) electrons. The third kappa shape index (κ3) is 3.20. The van der Waals surface area contributed by atoms with Crippen molar-refractivity contribution < 1.29 is 4.39 Å². The molecule has 2 atom stereocenters. The maximum absolute atomic E-state index is 13.1. The van der Waals surface area contributed by atoms with Crippen LogP contribution in [0.2, 0.25) is 5.02 Å². The van der Waals surface area contributed by atoms with Crippen LogP contribution in [0.15, 0.2) is 18.2 Å².